The molecule has 0 aromatic carbocycles. The second-order valence-corrected chi connectivity index (χ2v) is 6.06. The van der Waals surface area contributed by atoms with Crippen molar-refractivity contribution in [2.75, 3.05) is 0 Å². The summed E-state index contributed by atoms with van der Waals surface area (Å²) in [5.41, 5.74) is 0. The van der Waals surface area contributed by atoms with Crippen molar-refractivity contribution in [2.24, 2.45) is 5.92 Å². The maximum absolute atomic E-state index is 5.92. The Bertz CT molecular complexity index is 538. The molecule has 2 rings (SSSR count). The number of hydrogen-bond acceptors (Lipinski definition) is 3. The molecule has 0 saturated carbocycles. The summed E-state index contributed by atoms with van der Waals surface area (Å²) in [5, 5.41) is 7.08. The molecule has 0 bridgehead atoms. The van der Waals surface area contributed by atoms with Crippen LogP contribution in [0.2, 0.25) is 4.34 Å². The summed E-state index contributed by atoms with van der Waals surface area (Å²) in [7, 11) is 0. The predicted octanol–water partition coefficient (Wildman–Crippen LogP) is 3.98. The molecular weight excluding hydrogens is 262 g/mol. The molecule has 1 N–H and O–H groups in total. The van der Waals surface area contributed by atoms with Crippen molar-refractivity contribution < 1.29 is 0 Å². The van der Waals surface area contributed by atoms with Crippen LogP contribution in [0.4, 0.5) is 0 Å². The van der Waals surface area contributed by atoms with Crippen molar-refractivity contribution in [3.8, 4) is 10.7 Å². The van der Waals surface area contributed by atoms with Gasteiger partial charge in [0.15, 0.2) is 10.6 Å². The topological polar surface area (TPSA) is 33.6 Å². The van der Waals surface area contributed by atoms with Crippen molar-refractivity contribution in [1.29, 1.82) is 0 Å². The molecule has 2 aromatic rings. The molecule has 16 heavy (non-hydrogen) atoms. The van der Waals surface area contributed by atoms with Crippen LogP contribution in [0.5, 0.6) is 0 Å². The van der Waals surface area contributed by atoms with Gasteiger partial charge < -0.3 is 0 Å². The Morgan fingerprint density at radius 2 is 2.31 bits per heavy atom. The lowest BCUT2D eigenvalue weighted by molar-refractivity contribution is 0.522. The average molecular weight is 274 g/mol. The van der Waals surface area contributed by atoms with Crippen LogP contribution >= 0.6 is 35.2 Å². The number of thiophene rings is 1. The van der Waals surface area contributed by atoms with Gasteiger partial charge in [0.1, 0.15) is 0 Å². The van der Waals surface area contributed by atoms with Crippen molar-refractivity contribution in [3.63, 3.8) is 0 Å². The van der Waals surface area contributed by atoms with Gasteiger partial charge in [0.25, 0.3) is 0 Å². The van der Waals surface area contributed by atoms with E-state index >= 15 is 0 Å². The fourth-order valence-electron chi connectivity index (χ4n) is 1.47. The van der Waals surface area contributed by atoms with Gasteiger partial charge in [-0.05, 0) is 30.3 Å². The molecule has 3 nitrogen and oxygen atoms in total. The first-order chi connectivity index (χ1) is 7.58. The lowest BCUT2D eigenvalue weighted by Gasteiger charge is -2.07. The molecule has 6 heteroatoms. The summed E-state index contributed by atoms with van der Waals surface area (Å²) in [6.45, 7) is 5.17. The third kappa shape index (κ3) is 2.36. The molecule has 0 fully saturated rings. The number of rotatable bonds is 3. The van der Waals surface area contributed by atoms with Crippen LogP contribution in [0.3, 0.4) is 0 Å². The van der Waals surface area contributed by atoms with Crippen LogP contribution in [0.1, 0.15) is 13.8 Å². The highest BCUT2D eigenvalue weighted by Gasteiger charge is 2.11. The minimum Gasteiger partial charge on any atom is -0.299 e. The van der Waals surface area contributed by atoms with E-state index in [-0.39, 0.29) is 0 Å². The van der Waals surface area contributed by atoms with E-state index in [9.17, 15) is 0 Å². The van der Waals surface area contributed by atoms with Crippen LogP contribution < -0.4 is 0 Å². The van der Waals surface area contributed by atoms with Gasteiger partial charge in [-0.1, -0.05) is 25.4 Å². The molecule has 0 saturated heterocycles. The molecule has 0 spiro atoms. The van der Waals surface area contributed by atoms with E-state index in [4.69, 9.17) is 23.8 Å². The zero-order valence-electron chi connectivity index (χ0n) is 9.03. The SMILES string of the molecule is CC(C)Cn1c(-c2ccc(Cl)s2)n[nH]c1=S. The summed E-state index contributed by atoms with van der Waals surface area (Å²) in [4.78, 5) is 1.04. The fraction of sp³-hybridized carbons (Fsp3) is 0.400. The fourth-order valence-corrected chi connectivity index (χ4v) is 2.72. The van der Waals surface area contributed by atoms with Crippen molar-refractivity contribution in [3.05, 3.63) is 21.2 Å². The molecular formula is C10H12ClN3S2. The lowest BCUT2D eigenvalue weighted by Crippen LogP contribution is -2.05. The Hall–Kier alpha value is -0.650. The lowest BCUT2D eigenvalue weighted by atomic mass is 10.2. The number of H-pyrrole nitrogens is 1. The Morgan fingerprint density at radius 1 is 1.56 bits per heavy atom. The van der Waals surface area contributed by atoms with Crippen molar-refractivity contribution in [2.45, 2.75) is 20.4 Å². The molecule has 86 valence electrons. The van der Waals surface area contributed by atoms with Gasteiger partial charge in [-0.15, -0.1) is 11.3 Å². The minimum absolute atomic E-state index is 0.526. The quantitative estimate of drug-likeness (QED) is 0.859. The van der Waals surface area contributed by atoms with E-state index in [2.05, 4.69) is 24.0 Å². The molecule has 2 aromatic heterocycles. The molecule has 0 aliphatic carbocycles. The molecule has 0 aliphatic heterocycles. The molecule has 0 unspecified atom stereocenters. The third-order valence-electron chi connectivity index (χ3n) is 2.10. The first-order valence-corrected chi connectivity index (χ1v) is 6.59. The number of hydrogen-bond donors (Lipinski definition) is 1. The molecule has 0 amide bonds. The zero-order chi connectivity index (χ0) is 11.7. The summed E-state index contributed by atoms with van der Waals surface area (Å²) in [5.74, 6) is 1.40. The largest absolute Gasteiger partial charge is 0.299 e. The summed E-state index contributed by atoms with van der Waals surface area (Å²) in [6.07, 6.45) is 0. The molecule has 0 atom stereocenters. The van der Waals surface area contributed by atoms with Crippen molar-refractivity contribution >= 4 is 35.2 Å². The monoisotopic (exact) mass is 273 g/mol. The smallest absolute Gasteiger partial charge is 0.195 e. The van der Waals surface area contributed by atoms with Gasteiger partial charge in [-0.3, -0.25) is 9.67 Å². The number of aromatic nitrogens is 3. The van der Waals surface area contributed by atoms with Gasteiger partial charge in [-0.2, -0.15) is 5.10 Å². The van der Waals surface area contributed by atoms with E-state index in [0.29, 0.717) is 10.7 Å². The Labute approximate surface area is 108 Å². The molecule has 2 heterocycles. The van der Waals surface area contributed by atoms with E-state index in [0.717, 1.165) is 21.6 Å². The van der Waals surface area contributed by atoms with Gasteiger partial charge in [0.2, 0.25) is 0 Å². The van der Waals surface area contributed by atoms with Gasteiger partial charge in [-0.25, -0.2) is 0 Å². The maximum atomic E-state index is 5.92. The van der Waals surface area contributed by atoms with Crippen molar-refractivity contribution in [1.82, 2.24) is 14.8 Å². The Balaban J connectivity index is 2.45. The predicted molar refractivity (Wildman–Crippen MR) is 70.6 cm³/mol. The van der Waals surface area contributed by atoms with Crippen LogP contribution in [-0.4, -0.2) is 14.8 Å². The Morgan fingerprint density at radius 3 is 2.88 bits per heavy atom. The highest BCUT2D eigenvalue weighted by Crippen LogP contribution is 2.30. The van der Waals surface area contributed by atoms with E-state index in [1.807, 2.05) is 16.7 Å². The highest BCUT2D eigenvalue weighted by molar-refractivity contribution is 7.71. The first kappa shape index (κ1) is 11.8. The van der Waals surface area contributed by atoms with E-state index in [1.165, 1.54) is 11.3 Å². The van der Waals surface area contributed by atoms with E-state index < -0.39 is 0 Å². The number of nitrogens with one attached hydrogen (secondary N) is 1. The van der Waals surface area contributed by atoms with Crippen LogP contribution in [-0.2, 0) is 6.54 Å². The molecule has 0 radical (unpaired) electrons. The molecule has 0 aliphatic rings. The Kier molecular flexibility index (Phi) is 3.47. The number of nitrogens with zero attached hydrogens (tertiary/aromatic N) is 2. The average Bonchev–Trinajstić information content (AvgIpc) is 2.75. The van der Waals surface area contributed by atoms with Gasteiger partial charge >= 0.3 is 0 Å². The second kappa shape index (κ2) is 4.69. The van der Waals surface area contributed by atoms with Crippen LogP contribution in [0.25, 0.3) is 10.7 Å². The standard InChI is InChI=1S/C10H12ClN3S2/c1-6(2)5-14-9(12-13-10(14)15)7-3-4-8(11)16-7/h3-4,6H,5H2,1-2H3,(H,13,15). The van der Waals surface area contributed by atoms with E-state index in [1.54, 1.807) is 0 Å². The number of aromatic amines is 1. The van der Waals surface area contributed by atoms with Crippen LogP contribution in [0.15, 0.2) is 12.1 Å². The van der Waals surface area contributed by atoms with Gasteiger partial charge in [0, 0.05) is 6.54 Å². The third-order valence-corrected chi connectivity index (χ3v) is 3.64. The normalized spacial score (nSPS) is 11.2. The number of halogens is 1. The summed E-state index contributed by atoms with van der Waals surface area (Å²) in [6, 6.07) is 3.84. The highest BCUT2D eigenvalue weighted by atomic mass is 35.5. The van der Waals surface area contributed by atoms with Gasteiger partial charge in [0.05, 0.1) is 9.21 Å². The minimum atomic E-state index is 0.526. The first-order valence-electron chi connectivity index (χ1n) is 4.99. The summed E-state index contributed by atoms with van der Waals surface area (Å²) >= 11 is 12.6. The summed E-state index contributed by atoms with van der Waals surface area (Å²) < 4.78 is 3.44. The maximum Gasteiger partial charge on any atom is 0.195 e. The second-order valence-electron chi connectivity index (χ2n) is 3.96. The zero-order valence-corrected chi connectivity index (χ0v) is 11.4. The van der Waals surface area contributed by atoms with Crippen LogP contribution in [0, 0.1) is 10.7 Å².